The second kappa shape index (κ2) is 1.98. The third-order valence-corrected chi connectivity index (χ3v) is 4.34. The molecule has 3 aliphatic carbocycles. The lowest BCUT2D eigenvalue weighted by Crippen LogP contribution is -2.26. The number of aliphatic carboxylic acids is 1. The largest absolute Gasteiger partial charge is 0.481 e. The number of fused-ring (bicyclic) bond motifs is 5. The van der Waals surface area contributed by atoms with Gasteiger partial charge in [-0.15, -0.1) is 0 Å². The normalized spacial score (nSPS) is 55.2. The van der Waals surface area contributed by atoms with Gasteiger partial charge < -0.3 is 10.8 Å². The minimum atomic E-state index is -0.645. The number of allylic oxidation sites excluding steroid dienone is 2. The molecule has 0 saturated heterocycles. The molecule has 70 valence electrons. The summed E-state index contributed by atoms with van der Waals surface area (Å²) in [6, 6.07) is 0. The third-order valence-electron chi connectivity index (χ3n) is 4.34. The number of carboxylic acid groups (broad SMARTS) is 1. The van der Waals surface area contributed by atoms with Gasteiger partial charge in [-0.25, -0.2) is 0 Å². The number of carbonyl (C=O) groups is 1. The maximum Gasteiger partial charge on any atom is 0.307 e. The Bertz CT molecular complexity index is 312. The lowest BCUT2D eigenvalue weighted by Gasteiger charge is -2.18. The Morgan fingerprint density at radius 2 is 2.38 bits per heavy atom. The maximum atomic E-state index is 11.0. The first-order valence-electron chi connectivity index (χ1n) is 4.83. The smallest absolute Gasteiger partial charge is 0.307 e. The van der Waals surface area contributed by atoms with E-state index < -0.39 is 5.97 Å². The first-order chi connectivity index (χ1) is 6.21. The highest BCUT2D eigenvalue weighted by Gasteiger charge is 2.77. The van der Waals surface area contributed by atoms with Crippen LogP contribution in [-0.4, -0.2) is 17.6 Å². The average Bonchev–Trinajstić information content (AvgIpc) is 2.45. The van der Waals surface area contributed by atoms with Crippen molar-refractivity contribution >= 4 is 5.97 Å². The van der Waals surface area contributed by atoms with Crippen molar-refractivity contribution in [2.24, 2.45) is 34.8 Å². The Morgan fingerprint density at radius 1 is 1.62 bits per heavy atom. The Kier molecular flexibility index (Phi) is 1.15. The topological polar surface area (TPSA) is 63.3 Å². The van der Waals surface area contributed by atoms with E-state index in [9.17, 15) is 4.79 Å². The van der Waals surface area contributed by atoms with Gasteiger partial charge in [-0.1, -0.05) is 12.2 Å². The van der Waals surface area contributed by atoms with Gasteiger partial charge in [-0.05, 0) is 30.7 Å². The van der Waals surface area contributed by atoms with Crippen LogP contribution in [-0.2, 0) is 4.79 Å². The van der Waals surface area contributed by atoms with Crippen molar-refractivity contribution in [3.8, 4) is 0 Å². The standard InChI is InChI=1S/C10H13NO2/c11-4-10-6-2-1-5(3-6)7(10)8(10)9(12)13/h1-2,5-8H,3-4,11H2,(H,12,13)/t5-,6+,7?,8?,10+/m1/s1. The molecule has 0 spiro atoms. The zero-order valence-corrected chi connectivity index (χ0v) is 7.31. The highest BCUT2D eigenvalue weighted by Crippen LogP contribution is 2.75. The van der Waals surface area contributed by atoms with E-state index in [1.165, 1.54) is 0 Å². The zero-order valence-electron chi connectivity index (χ0n) is 7.31. The second-order valence-corrected chi connectivity index (χ2v) is 4.55. The van der Waals surface area contributed by atoms with Gasteiger partial charge in [0.1, 0.15) is 0 Å². The van der Waals surface area contributed by atoms with Gasteiger partial charge in [0, 0.05) is 5.41 Å². The fraction of sp³-hybridized carbons (Fsp3) is 0.700. The fourth-order valence-corrected chi connectivity index (χ4v) is 3.80. The molecule has 0 amide bonds. The van der Waals surface area contributed by atoms with Crippen molar-refractivity contribution in [3.63, 3.8) is 0 Å². The minimum absolute atomic E-state index is 0.0503. The van der Waals surface area contributed by atoms with Crippen molar-refractivity contribution in [2.45, 2.75) is 6.42 Å². The Hall–Kier alpha value is -0.830. The second-order valence-electron chi connectivity index (χ2n) is 4.55. The molecule has 3 heteroatoms. The summed E-state index contributed by atoms with van der Waals surface area (Å²) in [5, 5.41) is 9.04. The summed E-state index contributed by atoms with van der Waals surface area (Å²) < 4.78 is 0. The first kappa shape index (κ1) is 7.56. The summed E-state index contributed by atoms with van der Waals surface area (Å²) >= 11 is 0. The number of rotatable bonds is 2. The summed E-state index contributed by atoms with van der Waals surface area (Å²) in [6.45, 7) is 0.542. The zero-order chi connectivity index (χ0) is 9.22. The molecule has 3 aliphatic rings. The van der Waals surface area contributed by atoms with Gasteiger partial charge in [0.15, 0.2) is 0 Å². The summed E-state index contributed by atoms with van der Waals surface area (Å²) in [4.78, 5) is 11.0. The summed E-state index contributed by atoms with van der Waals surface area (Å²) in [5.41, 5.74) is 5.68. The van der Waals surface area contributed by atoms with E-state index in [2.05, 4.69) is 12.2 Å². The molecule has 5 atom stereocenters. The van der Waals surface area contributed by atoms with Gasteiger partial charge in [-0.3, -0.25) is 4.79 Å². The molecule has 0 aromatic carbocycles. The van der Waals surface area contributed by atoms with Crippen molar-refractivity contribution in [2.75, 3.05) is 6.54 Å². The lowest BCUT2D eigenvalue weighted by atomic mass is 9.88. The van der Waals surface area contributed by atoms with E-state index in [4.69, 9.17) is 10.8 Å². The molecule has 3 nitrogen and oxygen atoms in total. The Labute approximate surface area is 76.6 Å². The van der Waals surface area contributed by atoms with Crippen LogP contribution in [0.1, 0.15) is 6.42 Å². The molecule has 13 heavy (non-hydrogen) atoms. The Balaban J connectivity index is 1.99. The summed E-state index contributed by atoms with van der Waals surface area (Å²) in [5.74, 6) is 0.512. The molecule has 2 saturated carbocycles. The van der Waals surface area contributed by atoms with Crippen LogP contribution in [0.4, 0.5) is 0 Å². The van der Waals surface area contributed by atoms with Crippen LogP contribution >= 0.6 is 0 Å². The van der Waals surface area contributed by atoms with E-state index in [-0.39, 0.29) is 11.3 Å². The highest BCUT2D eigenvalue weighted by atomic mass is 16.4. The predicted molar refractivity (Wildman–Crippen MR) is 46.8 cm³/mol. The lowest BCUT2D eigenvalue weighted by molar-refractivity contribution is -0.140. The van der Waals surface area contributed by atoms with Crippen molar-refractivity contribution in [3.05, 3.63) is 12.2 Å². The van der Waals surface area contributed by atoms with Gasteiger partial charge >= 0.3 is 5.97 Å². The van der Waals surface area contributed by atoms with Crippen molar-refractivity contribution in [1.29, 1.82) is 0 Å². The summed E-state index contributed by atoms with van der Waals surface area (Å²) in [7, 11) is 0. The van der Waals surface area contributed by atoms with Gasteiger partial charge in [0.25, 0.3) is 0 Å². The molecule has 2 unspecified atom stereocenters. The minimum Gasteiger partial charge on any atom is -0.481 e. The number of hydrogen-bond donors (Lipinski definition) is 2. The first-order valence-corrected chi connectivity index (χ1v) is 4.83. The van der Waals surface area contributed by atoms with Crippen LogP contribution in [0.2, 0.25) is 0 Å². The SMILES string of the molecule is NC[C@@]12C(C(=O)O)C1[C@@H]1C=C[C@H]2C1. The predicted octanol–water partition coefficient (Wildman–Crippen LogP) is 0.468. The van der Waals surface area contributed by atoms with Crippen LogP contribution in [0.5, 0.6) is 0 Å². The monoisotopic (exact) mass is 179 g/mol. The molecule has 0 aliphatic heterocycles. The quantitative estimate of drug-likeness (QED) is 0.605. The van der Waals surface area contributed by atoms with E-state index >= 15 is 0 Å². The molecular weight excluding hydrogens is 166 g/mol. The van der Waals surface area contributed by atoms with E-state index in [1.807, 2.05) is 0 Å². The van der Waals surface area contributed by atoms with Crippen LogP contribution in [0.25, 0.3) is 0 Å². The molecule has 0 aromatic rings. The van der Waals surface area contributed by atoms with Gasteiger partial charge in [0.05, 0.1) is 5.92 Å². The fourth-order valence-electron chi connectivity index (χ4n) is 3.80. The molecule has 2 bridgehead atoms. The molecule has 0 aromatic heterocycles. The molecule has 0 heterocycles. The van der Waals surface area contributed by atoms with Crippen LogP contribution in [0.15, 0.2) is 12.2 Å². The van der Waals surface area contributed by atoms with E-state index in [0.717, 1.165) is 6.42 Å². The van der Waals surface area contributed by atoms with E-state index in [1.54, 1.807) is 0 Å². The average molecular weight is 179 g/mol. The molecule has 3 N–H and O–H groups in total. The van der Waals surface area contributed by atoms with Gasteiger partial charge in [0.2, 0.25) is 0 Å². The van der Waals surface area contributed by atoms with E-state index in [0.29, 0.717) is 24.3 Å². The van der Waals surface area contributed by atoms with Crippen LogP contribution in [0, 0.1) is 29.1 Å². The number of hydrogen-bond acceptors (Lipinski definition) is 2. The van der Waals surface area contributed by atoms with Crippen LogP contribution < -0.4 is 5.73 Å². The highest BCUT2D eigenvalue weighted by molar-refractivity contribution is 5.77. The Morgan fingerprint density at radius 3 is 2.92 bits per heavy atom. The molecule has 3 rings (SSSR count). The molecule has 0 radical (unpaired) electrons. The van der Waals surface area contributed by atoms with Crippen molar-refractivity contribution in [1.82, 2.24) is 0 Å². The van der Waals surface area contributed by atoms with Gasteiger partial charge in [-0.2, -0.15) is 0 Å². The molecular formula is C10H13NO2. The van der Waals surface area contributed by atoms with Crippen LogP contribution in [0.3, 0.4) is 0 Å². The maximum absolute atomic E-state index is 11.0. The molecule has 2 fully saturated rings. The number of carboxylic acids is 1. The summed E-state index contributed by atoms with van der Waals surface area (Å²) in [6.07, 6.45) is 5.51. The third kappa shape index (κ3) is 0.612. The van der Waals surface area contributed by atoms with Crippen molar-refractivity contribution < 1.29 is 9.90 Å². The number of nitrogens with two attached hydrogens (primary N) is 1.